The number of carbonyl (C=O) groups is 2. The molecule has 0 unspecified atom stereocenters. The van der Waals surface area contributed by atoms with Gasteiger partial charge in [0.25, 0.3) is 5.91 Å². The van der Waals surface area contributed by atoms with Crippen LogP contribution in [0.4, 0.5) is 0 Å². The second-order valence-electron chi connectivity index (χ2n) is 7.29. The van der Waals surface area contributed by atoms with Crippen LogP contribution in [0.15, 0.2) is 61.2 Å². The third kappa shape index (κ3) is 4.17. The molecule has 1 heterocycles. The van der Waals surface area contributed by atoms with Crippen molar-refractivity contribution < 1.29 is 9.59 Å². The van der Waals surface area contributed by atoms with Crippen molar-refractivity contribution in [3.8, 4) is 11.1 Å². The van der Waals surface area contributed by atoms with Crippen LogP contribution in [0, 0.1) is 5.92 Å². The number of nitrogens with zero attached hydrogens (tertiary/aromatic N) is 3. The largest absolute Gasteiger partial charge is 0.348 e. The molecule has 0 saturated heterocycles. The Hall–Kier alpha value is -3.28. The fourth-order valence-electron chi connectivity index (χ4n) is 3.18. The molecule has 28 heavy (non-hydrogen) atoms. The van der Waals surface area contributed by atoms with Crippen LogP contribution in [-0.4, -0.2) is 32.5 Å². The van der Waals surface area contributed by atoms with Gasteiger partial charge in [0, 0.05) is 23.1 Å². The summed E-state index contributed by atoms with van der Waals surface area (Å²) < 4.78 is 1.69. The molecule has 1 fully saturated rings. The third-order valence-corrected chi connectivity index (χ3v) is 4.90. The van der Waals surface area contributed by atoms with Gasteiger partial charge in [-0.2, -0.15) is 5.10 Å². The average molecular weight is 374 g/mol. The SMILES string of the molecule is C[C@@H](Cn1cncn1)NC(=O)c1ccc(-c2ccc(C(=O)C3CC3)cc2)cc1. The Kier molecular flexibility index (Phi) is 5.02. The lowest BCUT2D eigenvalue weighted by molar-refractivity contribution is 0.0934. The summed E-state index contributed by atoms with van der Waals surface area (Å²) in [5.74, 6) is 0.360. The topological polar surface area (TPSA) is 76.9 Å². The molecule has 1 N–H and O–H groups in total. The molecule has 0 spiro atoms. The molecule has 1 saturated carbocycles. The molecule has 6 nitrogen and oxygen atoms in total. The zero-order valence-electron chi connectivity index (χ0n) is 15.7. The van der Waals surface area contributed by atoms with Gasteiger partial charge in [-0.25, -0.2) is 4.98 Å². The van der Waals surface area contributed by atoms with Gasteiger partial charge in [-0.15, -0.1) is 0 Å². The number of rotatable bonds is 7. The van der Waals surface area contributed by atoms with E-state index in [2.05, 4.69) is 15.4 Å². The van der Waals surface area contributed by atoms with Gasteiger partial charge in [0.15, 0.2) is 5.78 Å². The van der Waals surface area contributed by atoms with Crippen LogP contribution >= 0.6 is 0 Å². The third-order valence-electron chi connectivity index (χ3n) is 4.90. The summed E-state index contributed by atoms with van der Waals surface area (Å²) in [5.41, 5.74) is 3.43. The molecular weight excluding hydrogens is 352 g/mol. The maximum Gasteiger partial charge on any atom is 0.251 e. The lowest BCUT2D eigenvalue weighted by Gasteiger charge is -2.14. The Morgan fingerprint density at radius 1 is 1.04 bits per heavy atom. The number of benzene rings is 2. The van der Waals surface area contributed by atoms with Gasteiger partial charge in [-0.3, -0.25) is 14.3 Å². The Morgan fingerprint density at radius 2 is 1.64 bits per heavy atom. The minimum absolute atomic E-state index is 0.0644. The minimum Gasteiger partial charge on any atom is -0.348 e. The highest BCUT2D eigenvalue weighted by atomic mass is 16.1. The summed E-state index contributed by atoms with van der Waals surface area (Å²) in [6, 6.07) is 15.1. The van der Waals surface area contributed by atoms with Crippen molar-refractivity contribution >= 4 is 11.7 Å². The van der Waals surface area contributed by atoms with E-state index >= 15 is 0 Å². The first-order valence-electron chi connectivity index (χ1n) is 9.48. The molecule has 6 heteroatoms. The summed E-state index contributed by atoms with van der Waals surface area (Å²) >= 11 is 0. The van der Waals surface area contributed by atoms with E-state index in [0.717, 1.165) is 29.5 Å². The molecule has 1 amide bonds. The molecule has 0 aliphatic heterocycles. The van der Waals surface area contributed by atoms with Crippen LogP contribution < -0.4 is 5.32 Å². The van der Waals surface area contributed by atoms with Crippen LogP contribution in [0.5, 0.6) is 0 Å². The van der Waals surface area contributed by atoms with E-state index in [4.69, 9.17) is 0 Å². The summed E-state index contributed by atoms with van der Waals surface area (Å²) in [6.45, 7) is 2.49. The zero-order valence-corrected chi connectivity index (χ0v) is 15.7. The maximum absolute atomic E-state index is 12.4. The summed E-state index contributed by atoms with van der Waals surface area (Å²) in [7, 11) is 0. The van der Waals surface area contributed by atoms with E-state index in [1.807, 2.05) is 55.5 Å². The van der Waals surface area contributed by atoms with Gasteiger partial charge in [0.05, 0.1) is 6.54 Å². The number of hydrogen-bond donors (Lipinski definition) is 1. The number of hydrogen-bond acceptors (Lipinski definition) is 4. The maximum atomic E-state index is 12.4. The van der Waals surface area contributed by atoms with Crippen LogP contribution in [0.2, 0.25) is 0 Å². The van der Waals surface area contributed by atoms with Gasteiger partial charge in [-0.1, -0.05) is 36.4 Å². The van der Waals surface area contributed by atoms with Gasteiger partial charge < -0.3 is 5.32 Å². The Balaban J connectivity index is 1.38. The fraction of sp³-hybridized carbons (Fsp3) is 0.273. The van der Waals surface area contributed by atoms with Gasteiger partial charge in [0.2, 0.25) is 0 Å². The van der Waals surface area contributed by atoms with E-state index in [1.165, 1.54) is 6.33 Å². The van der Waals surface area contributed by atoms with Crippen molar-refractivity contribution in [1.82, 2.24) is 20.1 Å². The highest BCUT2D eigenvalue weighted by Gasteiger charge is 2.30. The first kappa shape index (κ1) is 18.1. The minimum atomic E-state index is -0.121. The number of Topliss-reactive ketones (excluding diaryl/α,β-unsaturated/α-hetero) is 1. The number of ketones is 1. The lowest BCUT2D eigenvalue weighted by atomic mass is 10.00. The number of aromatic nitrogens is 3. The molecule has 0 bridgehead atoms. The molecule has 0 radical (unpaired) electrons. The normalized spacial score (nSPS) is 14.5. The summed E-state index contributed by atoms with van der Waals surface area (Å²) in [4.78, 5) is 28.4. The van der Waals surface area contributed by atoms with E-state index in [1.54, 1.807) is 11.0 Å². The van der Waals surface area contributed by atoms with Crippen LogP contribution in [-0.2, 0) is 6.54 Å². The van der Waals surface area contributed by atoms with Crippen molar-refractivity contribution in [2.24, 2.45) is 5.92 Å². The Bertz CT molecular complexity index is 959. The second kappa shape index (κ2) is 7.76. The van der Waals surface area contributed by atoms with Crippen molar-refractivity contribution in [2.75, 3.05) is 0 Å². The molecule has 1 aliphatic rings. The highest BCUT2D eigenvalue weighted by molar-refractivity contribution is 5.99. The lowest BCUT2D eigenvalue weighted by Crippen LogP contribution is -2.35. The first-order chi connectivity index (χ1) is 13.6. The van der Waals surface area contributed by atoms with Crippen LogP contribution in [0.3, 0.4) is 0 Å². The van der Waals surface area contributed by atoms with Gasteiger partial charge in [-0.05, 0) is 43.0 Å². The molecular formula is C22H22N4O2. The first-order valence-corrected chi connectivity index (χ1v) is 9.48. The summed E-state index contributed by atoms with van der Waals surface area (Å²) in [6.07, 6.45) is 5.13. The molecule has 142 valence electrons. The predicted molar refractivity (Wildman–Crippen MR) is 106 cm³/mol. The molecule has 3 aromatic rings. The van der Waals surface area contributed by atoms with Crippen molar-refractivity contribution in [1.29, 1.82) is 0 Å². The van der Waals surface area contributed by atoms with Crippen molar-refractivity contribution in [3.63, 3.8) is 0 Å². The monoisotopic (exact) mass is 374 g/mol. The number of carbonyl (C=O) groups excluding carboxylic acids is 2. The van der Waals surface area contributed by atoms with E-state index < -0.39 is 0 Å². The van der Waals surface area contributed by atoms with Gasteiger partial charge >= 0.3 is 0 Å². The summed E-state index contributed by atoms with van der Waals surface area (Å²) in [5, 5.41) is 7.01. The molecule has 1 aliphatic carbocycles. The van der Waals surface area contributed by atoms with E-state index in [-0.39, 0.29) is 23.7 Å². The van der Waals surface area contributed by atoms with Gasteiger partial charge in [0.1, 0.15) is 12.7 Å². The Labute approximate surface area is 163 Å². The standard InChI is InChI=1S/C22H22N4O2/c1-15(12-26-14-23-13-24-26)25-22(28)20-10-4-17(5-11-20)16-2-6-18(7-3-16)21(27)19-8-9-19/h2-7,10-11,13-15,19H,8-9,12H2,1H3,(H,25,28)/t15-/m0/s1. The van der Waals surface area contributed by atoms with Crippen molar-refractivity contribution in [2.45, 2.75) is 32.4 Å². The fourth-order valence-corrected chi connectivity index (χ4v) is 3.18. The smallest absolute Gasteiger partial charge is 0.251 e. The molecule has 4 rings (SSSR count). The van der Waals surface area contributed by atoms with Crippen LogP contribution in [0.1, 0.15) is 40.5 Å². The molecule has 2 aromatic carbocycles. The van der Waals surface area contributed by atoms with Crippen LogP contribution in [0.25, 0.3) is 11.1 Å². The number of nitrogens with one attached hydrogen (secondary N) is 1. The quantitative estimate of drug-likeness (QED) is 0.644. The zero-order chi connectivity index (χ0) is 19.5. The highest BCUT2D eigenvalue weighted by Crippen LogP contribution is 2.33. The molecule has 1 atom stereocenters. The molecule has 1 aromatic heterocycles. The predicted octanol–water partition coefficient (Wildman–Crippen LogP) is 3.36. The Morgan fingerprint density at radius 3 is 2.18 bits per heavy atom. The number of amides is 1. The van der Waals surface area contributed by atoms with E-state index in [0.29, 0.717) is 12.1 Å². The average Bonchev–Trinajstić information content (AvgIpc) is 3.45. The second-order valence-corrected chi connectivity index (χ2v) is 7.29. The van der Waals surface area contributed by atoms with E-state index in [9.17, 15) is 9.59 Å². The van der Waals surface area contributed by atoms with Crippen molar-refractivity contribution in [3.05, 3.63) is 72.3 Å².